The summed E-state index contributed by atoms with van der Waals surface area (Å²) in [6.07, 6.45) is 2.50. The van der Waals surface area contributed by atoms with Gasteiger partial charge in [-0.25, -0.2) is 13.1 Å². The predicted molar refractivity (Wildman–Crippen MR) is 76.8 cm³/mol. The SMILES string of the molecule is CCCCC(C)NS(=O)(=O)c1cc(N)ccc1[N+](=O)[O-]. The highest BCUT2D eigenvalue weighted by Gasteiger charge is 2.27. The summed E-state index contributed by atoms with van der Waals surface area (Å²) in [7, 11) is -3.96. The highest BCUT2D eigenvalue weighted by molar-refractivity contribution is 7.89. The van der Waals surface area contributed by atoms with Crippen molar-refractivity contribution in [3.63, 3.8) is 0 Å². The van der Waals surface area contributed by atoms with Crippen LogP contribution < -0.4 is 10.5 Å². The Hall–Kier alpha value is -1.67. The number of nitrogens with zero attached hydrogens (tertiary/aromatic N) is 1. The minimum absolute atomic E-state index is 0.164. The van der Waals surface area contributed by atoms with Crippen LogP contribution in [0.2, 0.25) is 0 Å². The minimum atomic E-state index is -3.96. The van der Waals surface area contributed by atoms with Crippen LogP contribution in [0, 0.1) is 10.1 Å². The molecule has 0 saturated carbocycles. The molecule has 0 heterocycles. The van der Waals surface area contributed by atoms with Crippen molar-refractivity contribution in [3.8, 4) is 0 Å². The molecule has 0 bridgehead atoms. The second kappa shape index (κ2) is 6.67. The number of nitrogens with one attached hydrogen (secondary N) is 1. The molecular formula is C12H19N3O4S. The number of sulfonamides is 1. The summed E-state index contributed by atoms with van der Waals surface area (Å²) in [5, 5.41) is 10.9. The molecule has 0 fully saturated rings. The predicted octanol–water partition coefficient (Wildman–Crippen LogP) is 2.03. The maximum atomic E-state index is 12.2. The Labute approximate surface area is 118 Å². The van der Waals surface area contributed by atoms with Gasteiger partial charge in [0.15, 0.2) is 4.90 Å². The van der Waals surface area contributed by atoms with Crippen LogP contribution in [0.4, 0.5) is 11.4 Å². The lowest BCUT2D eigenvalue weighted by molar-refractivity contribution is -0.387. The Morgan fingerprint density at radius 1 is 1.45 bits per heavy atom. The minimum Gasteiger partial charge on any atom is -0.399 e. The van der Waals surface area contributed by atoms with Gasteiger partial charge in [-0.3, -0.25) is 10.1 Å². The van der Waals surface area contributed by atoms with Crippen LogP contribution in [0.15, 0.2) is 23.1 Å². The molecule has 3 N–H and O–H groups in total. The van der Waals surface area contributed by atoms with Crippen molar-refractivity contribution >= 4 is 21.4 Å². The number of nitro groups is 1. The Kier molecular flexibility index (Phi) is 5.46. The molecule has 7 nitrogen and oxygen atoms in total. The smallest absolute Gasteiger partial charge is 0.289 e. The van der Waals surface area contributed by atoms with E-state index in [0.717, 1.165) is 25.0 Å². The van der Waals surface area contributed by atoms with Gasteiger partial charge < -0.3 is 5.73 Å². The van der Waals surface area contributed by atoms with Crippen molar-refractivity contribution in [2.75, 3.05) is 5.73 Å². The Bertz CT molecular complexity index is 586. The molecule has 1 rings (SSSR count). The van der Waals surface area contributed by atoms with E-state index in [1.807, 2.05) is 6.92 Å². The summed E-state index contributed by atoms with van der Waals surface area (Å²) in [6, 6.07) is 3.21. The van der Waals surface area contributed by atoms with Gasteiger partial charge in [-0.05, 0) is 25.5 Å². The van der Waals surface area contributed by atoms with Crippen LogP contribution >= 0.6 is 0 Å². The molecule has 1 atom stereocenters. The average Bonchev–Trinajstić information content (AvgIpc) is 2.35. The Morgan fingerprint density at radius 3 is 2.65 bits per heavy atom. The quantitative estimate of drug-likeness (QED) is 0.454. The van der Waals surface area contributed by atoms with Crippen LogP contribution in [0.3, 0.4) is 0 Å². The summed E-state index contributed by atoms with van der Waals surface area (Å²) in [4.78, 5) is 9.78. The molecule has 0 amide bonds. The van der Waals surface area contributed by atoms with Crippen molar-refractivity contribution in [1.82, 2.24) is 4.72 Å². The second-order valence-corrected chi connectivity index (χ2v) is 6.33. The third-order valence-electron chi connectivity index (χ3n) is 2.82. The fourth-order valence-electron chi connectivity index (χ4n) is 1.79. The highest BCUT2D eigenvalue weighted by Crippen LogP contribution is 2.26. The number of nitrogen functional groups attached to an aromatic ring is 1. The third-order valence-corrected chi connectivity index (χ3v) is 4.44. The van der Waals surface area contributed by atoms with E-state index in [2.05, 4.69) is 4.72 Å². The monoisotopic (exact) mass is 301 g/mol. The van der Waals surface area contributed by atoms with Gasteiger partial charge in [0, 0.05) is 17.8 Å². The van der Waals surface area contributed by atoms with Crippen molar-refractivity contribution in [2.45, 2.75) is 44.0 Å². The number of hydrogen-bond acceptors (Lipinski definition) is 5. The molecule has 20 heavy (non-hydrogen) atoms. The van der Waals surface area contributed by atoms with Gasteiger partial charge in [0.1, 0.15) is 0 Å². The van der Waals surface area contributed by atoms with Gasteiger partial charge in [0.05, 0.1) is 4.92 Å². The number of hydrogen-bond donors (Lipinski definition) is 2. The normalized spacial score (nSPS) is 13.1. The van der Waals surface area contributed by atoms with Crippen LogP contribution in [-0.2, 0) is 10.0 Å². The van der Waals surface area contributed by atoms with E-state index in [0.29, 0.717) is 6.42 Å². The first-order chi connectivity index (χ1) is 9.27. The maximum Gasteiger partial charge on any atom is 0.289 e. The molecule has 0 radical (unpaired) electrons. The lowest BCUT2D eigenvalue weighted by Gasteiger charge is -2.14. The van der Waals surface area contributed by atoms with Crippen molar-refractivity contribution in [2.24, 2.45) is 0 Å². The summed E-state index contributed by atoms with van der Waals surface area (Å²) in [5.41, 5.74) is 5.21. The van der Waals surface area contributed by atoms with Crippen LogP contribution in [0.5, 0.6) is 0 Å². The van der Waals surface area contributed by atoms with E-state index in [-0.39, 0.29) is 11.7 Å². The van der Waals surface area contributed by atoms with Gasteiger partial charge in [-0.1, -0.05) is 19.8 Å². The lowest BCUT2D eigenvalue weighted by Crippen LogP contribution is -2.33. The zero-order valence-electron chi connectivity index (χ0n) is 11.5. The van der Waals surface area contributed by atoms with Gasteiger partial charge in [0.2, 0.25) is 10.0 Å². The van der Waals surface area contributed by atoms with E-state index in [4.69, 9.17) is 5.73 Å². The largest absolute Gasteiger partial charge is 0.399 e. The number of nitro benzene ring substituents is 1. The van der Waals surface area contributed by atoms with Gasteiger partial charge in [0.25, 0.3) is 5.69 Å². The third kappa shape index (κ3) is 4.17. The van der Waals surface area contributed by atoms with Gasteiger partial charge in [-0.15, -0.1) is 0 Å². The molecule has 0 spiro atoms. The molecule has 112 valence electrons. The molecule has 0 saturated heterocycles. The molecule has 8 heteroatoms. The van der Waals surface area contributed by atoms with Gasteiger partial charge >= 0.3 is 0 Å². The molecule has 1 aromatic rings. The van der Waals surface area contributed by atoms with E-state index in [9.17, 15) is 18.5 Å². The first-order valence-corrected chi connectivity index (χ1v) is 7.82. The van der Waals surface area contributed by atoms with E-state index >= 15 is 0 Å². The number of anilines is 1. The van der Waals surface area contributed by atoms with Crippen LogP contribution in [0.1, 0.15) is 33.1 Å². The molecule has 1 aromatic carbocycles. The highest BCUT2D eigenvalue weighted by atomic mass is 32.2. The van der Waals surface area contributed by atoms with E-state index in [1.54, 1.807) is 6.92 Å². The first-order valence-electron chi connectivity index (χ1n) is 6.34. The molecule has 1 unspecified atom stereocenters. The van der Waals surface area contributed by atoms with Crippen LogP contribution in [-0.4, -0.2) is 19.4 Å². The first kappa shape index (κ1) is 16.4. The summed E-state index contributed by atoms with van der Waals surface area (Å²) >= 11 is 0. The zero-order valence-corrected chi connectivity index (χ0v) is 12.3. The number of rotatable bonds is 7. The summed E-state index contributed by atoms with van der Waals surface area (Å²) in [6.45, 7) is 3.73. The van der Waals surface area contributed by atoms with Crippen molar-refractivity contribution in [1.29, 1.82) is 0 Å². The summed E-state index contributed by atoms with van der Waals surface area (Å²) in [5.74, 6) is 0. The Balaban J connectivity index is 3.09. The fraction of sp³-hybridized carbons (Fsp3) is 0.500. The molecule has 0 aliphatic carbocycles. The van der Waals surface area contributed by atoms with Crippen LogP contribution in [0.25, 0.3) is 0 Å². The average molecular weight is 301 g/mol. The van der Waals surface area contributed by atoms with E-state index in [1.165, 1.54) is 6.07 Å². The molecule has 0 aliphatic rings. The molecule has 0 aliphatic heterocycles. The zero-order chi connectivity index (χ0) is 15.3. The number of nitrogens with two attached hydrogens (primary N) is 1. The standard InChI is InChI=1S/C12H19N3O4S/c1-3-4-5-9(2)14-20(18,19)12-8-10(13)6-7-11(12)15(16)17/h6-9,14H,3-5,13H2,1-2H3. The number of unbranched alkanes of at least 4 members (excludes halogenated alkanes) is 1. The maximum absolute atomic E-state index is 12.2. The van der Waals surface area contributed by atoms with Crippen molar-refractivity contribution in [3.05, 3.63) is 28.3 Å². The molecule has 0 aromatic heterocycles. The molecular weight excluding hydrogens is 282 g/mol. The van der Waals surface area contributed by atoms with Crippen molar-refractivity contribution < 1.29 is 13.3 Å². The fourth-order valence-corrected chi connectivity index (χ4v) is 3.28. The van der Waals surface area contributed by atoms with Gasteiger partial charge in [-0.2, -0.15) is 0 Å². The summed E-state index contributed by atoms with van der Waals surface area (Å²) < 4.78 is 26.9. The lowest BCUT2D eigenvalue weighted by atomic mass is 10.2. The Morgan fingerprint density at radius 2 is 2.10 bits per heavy atom. The topological polar surface area (TPSA) is 115 Å². The number of benzene rings is 1. The van der Waals surface area contributed by atoms with E-state index < -0.39 is 25.5 Å². The second-order valence-electron chi connectivity index (χ2n) is 4.65.